The van der Waals surface area contributed by atoms with Crippen LogP contribution < -0.4 is 5.56 Å². The zero-order valence-electron chi connectivity index (χ0n) is 11.6. The Morgan fingerprint density at radius 3 is 3.00 bits per heavy atom. The molecule has 0 fully saturated rings. The Bertz CT molecular complexity index is 862. The molecule has 0 radical (unpaired) electrons. The maximum Gasteiger partial charge on any atom is 0.260 e. The minimum atomic E-state index is -0.189. The molecule has 0 aliphatic carbocycles. The van der Waals surface area contributed by atoms with Crippen LogP contribution >= 0.6 is 22.7 Å². The van der Waals surface area contributed by atoms with Gasteiger partial charge in [0.25, 0.3) is 5.56 Å². The first kappa shape index (κ1) is 14.0. The minimum Gasteiger partial charge on any atom is -0.491 e. The summed E-state index contributed by atoms with van der Waals surface area (Å²) in [5.74, 6) is 0.750. The molecule has 0 saturated carbocycles. The molecule has 0 spiro atoms. The van der Waals surface area contributed by atoms with E-state index in [0.717, 1.165) is 15.4 Å². The Labute approximate surface area is 129 Å². The number of thiazole rings is 1. The maximum absolute atomic E-state index is 12.4. The van der Waals surface area contributed by atoms with E-state index in [1.54, 1.807) is 6.20 Å². The number of hydrogen-bond acceptors (Lipinski definition) is 6. The van der Waals surface area contributed by atoms with Gasteiger partial charge in [0, 0.05) is 22.0 Å². The van der Waals surface area contributed by atoms with Gasteiger partial charge in [-0.1, -0.05) is 6.58 Å². The highest BCUT2D eigenvalue weighted by Gasteiger charge is 2.18. The molecule has 21 heavy (non-hydrogen) atoms. The predicted molar refractivity (Wildman–Crippen MR) is 86.7 cm³/mol. The van der Waals surface area contributed by atoms with E-state index in [-0.39, 0.29) is 5.56 Å². The third-order valence-electron chi connectivity index (χ3n) is 2.97. The van der Waals surface area contributed by atoms with Gasteiger partial charge in [-0.15, -0.1) is 22.7 Å². The van der Waals surface area contributed by atoms with Gasteiger partial charge in [0.15, 0.2) is 11.6 Å². The van der Waals surface area contributed by atoms with E-state index in [9.17, 15) is 4.79 Å². The van der Waals surface area contributed by atoms with Gasteiger partial charge in [-0.3, -0.25) is 4.79 Å². The largest absolute Gasteiger partial charge is 0.491 e. The number of hydrogen-bond donors (Lipinski definition) is 1. The number of fused-ring (bicyclic) bond motifs is 1. The lowest BCUT2D eigenvalue weighted by molar-refractivity contribution is 0.296. The van der Waals surface area contributed by atoms with Gasteiger partial charge in [0.2, 0.25) is 0 Å². The predicted octanol–water partition coefficient (Wildman–Crippen LogP) is 3.42. The van der Waals surface area contributed by atoms with Crippen LogP contribution in [0.3, 0.4) is 0 Å². The van der Waals surface area contributed by atoms with Crippen LogP contribution in [0.1, 0.15) is 17.6 Å². The summed E-state index contributed by atoms with van der Waals surface area (Å²) in [6.07, 6.45) is 1.73. The third-order valence-corrected chi connectivity index (χ3v) is 4.76. The Hall–Kier alpha value is -1.99. The molecule has 3 rings (SSSR count). The topological polar surface area (TPSA) is 67.9 Å². The van der Waals surface area contributed by atoms with Crippen LogP contribution in [-0.2, 0) is 4.74 Å². The zero-order chi connectivity index (χ0) is 15.0. The normalized spacial score (nSPS) is 11.0. The van der Waals surface area contributed by atoms with E-state index < -0.39 is 0 Å². The molecular weight excluding hydrogens is 306 g/mol. The highest BCUT2D eigenvalue weighted by molar-refractivity contribution is 7.20. The van der Waals surface area contributed by atoms with Crippen LogP contribution in [0.2, 0.25) is 0 Å². The Balaban J connectivity index is 2.24. The first-order valence-corrected chi connectivity index (χ1v) is 8.06. The van der Waals surface area contributed by atoms with Crippen molar-refractivity contribution >= 4 is 38.6 Å². The van der Waals surface area contributed by atoms with Crippen LogP contribution in [0.5, 0.6) is 0 Å². The summed E-state index contributed by atoms with van der Waals surface area (Å²) in [6, 6.07) is 0. The van der Waals surface area contributed by atoms with Crippen molar-refractivity contribution in [3.8, 4) is 10.6 Å². The second-order valence-corrected chi connectivity index (χ2v) is 6.42. The highest BCUT2D eigenvalue weighted by atomic mass is 32.1. The molecule has 0 bridgehead atoms. The highest BCUT2D eigenvalue weighted by Crippen LogP contribution is 2.36. The summed E-state index contributed by atoms with van der Waals surface area (Å²) >= 11 is 2.99. The lowest BCUT2D eigenvalue weighted by Gasteiger charge is -2.05. The average Bonchev–Trinajstić information content (AvgIpc) is 3.05. The van der Waals surface area contributed by atoms with Crippen LogP contribution in [0.4, 0.5) is 0 Å². The van der Waals surface area contributed by atoms with Crippen molar-refractivity contribution in [2.75, 3.05) is 6.61 Å². The molecule has 0 aromatic carbocycles. The molecule has 3 aromatic rings. The summed E-state index contributed by atoms with van der Waals surface area (Å²) < 4.78 is 5.31. The fourth-order valence-electron chi connectivity index (χ4n) is 2.10. The van der Waals surface area contributed by atoms with Gasteiger partial charge in [-0.25, -0.2) is 9.97 Å². The van der Waals surface area contributed by atoms with Gasteiger partial charge >= 0.3 is 0 Å². The fraction of sp³-hybridized carbons (Fsp3) is 0.214. The number of aryl methyl sites for hydroxylation is 1. The van der Waals surface area contributed by atoms with E-state index in [1.807, 2.05) is 19.2 Å². The minimum absolute atomic E-state index is 0.189. The van der Waals surface area contributed by atoms with E-state index in [1.165, 1.54) is 22.7 Å². The molecule has 0 amide bonds. The smallest absolute Gasteiger partial charge is 0.260 e. The zero-order valence-corrected chi connectivity index (χ0v) is 13.2. The van der Waals surface area contributed by atoms with Gasteiger partial charge in [-0.2, -0.15) is 0 Å². The molecular formula is C14H13N3O2S2. The van der Waals surface area contributed by atoms with Crippen molar-refractivity contribution in [1.82, 2.24) is 15.0 Å². The first-order chi connectivity index (χ1) is 10.1. The number of aromatic amines is 1. The lowest BCUT2D eigenvalue weighted by Crippen LogP contribution is -2.11. The summed E-state index contributed by atoms with van der Waals surface area (Å²) in [6.45, 7) is 8.09. The second-order valence-electron chi connectivity index (χ2n) is 4.32. The molecule has 3 heterocycles. The van der Waals surface area contributed by atoms with Crippen molar-refractivity contribution in [3.63, 3.8) is 0 Å². The summed E-state index contributed by atoms with van der Waals surface area (Å²) in [5.41, 5.74) is 0.678. The lowest BCUT2D eigenvalue weighted by atomic mass is 10.2. The fourth-order valence-corrected chi connectivity index (χ4v) is 3.93. The van der Waals surface area contributed by atoms with Gasteiger partial charge in [0.1, 0.15) is 9.84 Å². The quantitative estimate of drug-likeness (QED) is 0.748. The van der Waals surface area contributed by atoms with Crippen LogP contribution in [-0.4, -0.2) is 21.6 Å². The van der Waals surface area contributed by atoms with Gasteiger partial charge in [0.05, 0.1) is 12.0 Å². The van der Waals surface area contributed by atoms with Crippen LogP contribution in [0, 0.1) is 6.92 Å². The number of thiophene rings is 1. The number of aromatic nitrogens is 3. The van der Waals surface area contributed by atoms with Crippen molar-refractivity contribution in [2.45, 2.75) is 13.8 Å². The number of nitrogens with zero attached hydrogens (tertiary/aromatic N) is 2. The van der Waals surface area contributed by atoms with E-state index in [4.69, 9.17) is 4.74 Å². The van der Waals surface area contributed by atoms with Gasteiger partial charge in [-0.05, 0) is 13.8 Å². The van der Waals surface area contributed by atoms with E-state index in [2.05, 4.69) is 21.5 Å². The second kappa shape index (κ2) is 5.42. The molecule has 0 saturated heterocycles. The Morgan fingerprint density at radius 2 is 2.33 bits per heavy atom. The van der Waals surface area contributed by atoms with E-state index >= 15 is 0 Å². The molecule has 0 atom stereocenters. The summed E-state index contributed by atoms with van der Waals surface area (Å²) in [5, 5.41) is 3.31. The number of ether oxygens (including phenoxy) is 1. The number of H-pyrrole nitrogens is 1. The van der Waals surface area contributed by atoms with Crippen molar-refractivity contribution in [2.24, 2.45) is 0 Å². The molecule has 1 N–H and O–H groups in total. The van der Waals surface area contributed by atoms with Crippen molar-refractivity contribution < 1.29 is 4.74 Å². The summed E-state index contributed by atoms with van der Waals surface area (Å²) in [7, 11) is 0. The molecule has 3 aromatic heterocycles. The van der Waals surface area contributed by atoms with Crippen LogP contribution in [0.15, 0.2) is 23.0 Å². The molecule has 108 valence electrons. The number of nitrogens with one attached hydrogen (secondary N) is 1. The molecule has 0 aliphatic heterocycles. The standard InChI is InChI=1S/C14H13N3O2S2/c1-4-19-7(2)11-16-12(18)10-9(13-15-5-6-20-13)8(3)21-14(10)17-11/h5-6H,2,4H2,1,3H3,(H,16,17,18). The Morgan fingerprint density at radius 1 is 1.52 bits per heavy atom. The monoisotopic (exact) mass is 319 g/mol. The van der Waals surface area contributed by atoms with Gasteiger partial charge < -0.3 is 9.72 Å². The summed E-state index contributed by atoms with van der Waals surface area (Å²) in [4.78, 5) is 25.6. The molecule has 0 unspecified atom stereocenters. The number of rotatable bonds is 4. The molecule has 5 nitrogen and oxygen atoms in total. The SMILES string of the molecule is C=C(OCC)c1nc2sc(C)c(-c3nccs3)c2c(=O)[nH]1. The van der Waals surface area contributed by atoms with Crippen LogP contribution in [0.25, 0.3) is 26.5 Å². The van der Waals surface area contributed by atoms with Crippen molar-refractivity contribution in [3.05, 3.63) is 39.2 Å². The van der Waals surface area contributed by atoms with E-state index in [0.29, 0.717) is 28.4 Å². The average molecular weight is 319 g/mol. The third kappa shape index (κ3) is 2.38. The Kier molecular flexibility index (Phi) is 3.60. The first-order valence-electron chi connectivity index (χ1n) is 6.37. The molecule has 0 aliphatic rings. The molecule has 7 heteroatoms. The van der Waals surface area contributed by atoms with Crippen molar-refractivity contribution in [1.29, 1.82) is 0 Å². The maximum atomic E-state index is 12.4.